The minimum absolute atomic E-state index is 0.0998. The minimum atomic E-state index is -0.287. The van der Waals surface area contributed by atoms with E-state index in [1.807, 2.05) is 6.92 Å². The summed E-state index contributed by atoms with van der Waals surface area (Å²) in [6, 6.07) is 1.43. The molecule has 3 nitrogen and oxygen atoms in total. The second-order valence-electron chi connectivity index (χ2n) is 3.88. The van der Waals surface area contributed by atoms with Crippen LogP contribution in [0.4, 0.5) is 0 Å². The second kappa shape index (κ2) is 3.52. The molecule has 2 rings (SSSR count). The number of Topliss-reactive ketones (excluding diaryl/α,β-unsaturated/α-hetero) is 1. The highest BCUT2D eigenvalue weighted by Crippen LogP contribution is 2.44. The van der Waals surface area contributed by atoms with Crippen LogP contribution < -0.4 is 0 Å². The third kappa shape index (κ3) is 1.53. The van der Waals surface area contributed by atoms with Crippen molar-refractivity contribution in [2.45, 2.75) is 25.7 Å². The molecule has 0 bridgehead atoms. The predicted octanol–water partition coefficient (Wildman–Crippen LogP) is 2.94. The van der Waals surface area contributed by atoms with Gasteiger partial charge in [0, 0.05) is 10.9 Å². The zero-order chi connectivity index (χ0) is 11.2. The van der Waals surface area contributed by atoms with Crippen LogP contribution in [0.1, 0.15) is 41.6 Å². The Morgan fingerprint density at radius 1 is 1.47 bits per heavy atom. The molecule has 1 atom stereocenters. The number of ketones is 1. The monoisotopic (exact) mass is 270 g/mol. The molecule has 0 saturated heterocycles. The Hall–Kier alpha value is -1.03. The lowest BCUT2D eigenvalue weighted by atomic mass is 9.82. The van der Waals surface area contributed by atoms with Crippen LogP contribution >= 0.6 is 15.9 Å². The van der Waals surface area contributed by atoms with Gasteiger partial charge in [0.15, 0.2) is 17.3 Å². The van der Waals surface area contributed by atoms with E-state index in [0.29, 0.717) is 10.9 Å². The molecule has 0 radical (unpaired) electrons. The largest absolute Gasteiger partial charge is 0.504 e. The molecule has 1 unspecified atom stereocenters. The zero-order valence-electron chi connectivity index (χ0n) is 8.25. The number of hydrogen-bond donors (Lipinski definition) is 2. The van der Waals surface area contributed by atoms with Crippen molar-refractivity contribution in [2.24, 2.45) is 0 Å². The number of hydrogen-bond acceptors (Lipinski definition) is 3. The Kier molecular flexibility index (Phi) is 2.46. The van der Waals surface area contributed by atoms with Crippen molar-refractivity contribution in [1.29, 1.82) is 0 Å². The van der Waals surface area contributed by atoms with E-state index in [9.17, 15) is 15.0 Å². The molecular formula is C11H11BrO3. The number of fused-ring (bicyclic) bond motifs is 1. The zero-order valence-corrected chi connectivity index (χ0v) is 9.84. The van der Waals surface area contributed by atoms with Crippen LogP contribution in [-0.2, 0) is 0 Å². The van der Waals surface area contributed by atoms with Gasteiger partial charge in [0.2, 0.25) is 0 Å². The van der Waals surface area contributed by atoms with Crippen LogP contribution in [0.3, 0.4) is 0 Å². The van der Waals surface area contributed by atoms with Crippen LogP contribution in [-0.4, -0.2) is 16.0 Å². The van der Waals surface area contributed by atoms with Crippen LogP contribution in [0.5, 0.6) is 11.5 Å². The normalized spacial score (nSPS) is 20.1. The van der Waals surface area contributed by atoms with E-state index < -0.39 is 0 Å². The maximum Gasteiger partial charge on any atom is 0.168 e. The van der Waals surface area contributed by atoms with Crippen LogP contribution in [0, 0.1) is 0 Å². The van der Waals surface area contributed by atoms with Crippen molar-refractivity contribution in [1.82, 2.24) is 0 Å². The summed E-state index contributed by atoms with van der Waals surface area (Å²) in [5, 5.41) is 19.1. The molecule has 80 valence electrons. The third-order valence-corrected chi connectivity index (χ3v) is 3.50. The van der Waals surface area contributed by atoms with E-state index in [1.54, 1.807) is 0 Å². The average Bonchev–Trinajstić information content (AvgIpc) is 2.18. The standard InChI is InChI=1S/C11H11BrO3/c1-5-2-3-7(13)10-9(5)6(12)4-8(14)11(10)15/h4-5,14-15H,2-3H2,1H3. The Morgan fingerprint density at radius 3 is 2.80 bits per heavy atom. The molecular weight excluding hydrogens is 260 g/mol. The van der Waals surface area contributed by atoms with E-state index in [-0.39, 0.29) is 28.8 Å². The van der Waals surface area contributed by atoms with Crippen molar-refractivity contribution in [3.63, 3.8) is 0 Å². The lowest BCUT2D eigenvalue weighted by Gasteiger charge is -2.23. The average molecular weight is 271 g/mol. The van der Waals surface area contributed by atoms with Crippen LogP contribution in [0.15, 0.2) is 10.5 Å². The molecule has 0 aromatic heterocycles. The van der Waals surface area contributed by atoms with Gasteiger partial charge in [0.25, 0.3) is 0 Å². The molecule has 2 N–H and O–H groups in total. The lowest BCUT2D eigenvalue weighted by molar-refractivity contribution is 0.0964. The molecule has 4 heteroatoms. The fourth-order valence-electron chi connectivity index (χ4n) is 2.02. The number of rotatable bonds is 0. The number of phenolic OH excluding ortho intramolecular Hbond substituents is 2. The van der Waals surface area contributed by atoms with Gasteiger partial charge in [-0.05, 0) is 24.0 Å². The van der Waals surface area contributed by atoms with E-state index in [4.69, 9.17) is 0 Å². The fourth-order valence-corrected chi connectivity index (χ4v) is 2.83. The van der Waals surface area contributed by atoms with Gasteiger partial charge in [0.1, 0.15) is 0 Å². The van der Waals surface area contributed by atoms with Crippen molar-refractivity contribution in [3.8, 4) is 11.5 Å². The van der Waals surface area contributed by atoms with Crippen molar-refractivity contribution >= 4 is 21.7 Å². The third-order valence-electron chi connectivity index (χ3n) is 2.85. The topological polar surface area (TPSA) is 57.5 Å². The Labute approximate surface area is 95.9 Å². The quantitative estimate of drug-likeness (QED) is 0.713. The van der Waals surface area contributed by atoms with Gasteiger partial charge in [-0.1, -0.05) is 22.9 Å². The molecule has 1 aliphatic carbocycles. The summed E-state index contributed by atoms with van der Waals surface area (Å²) in [6.45, 7) is 2.01. The van der Waals surface area contributed by atoms with Gasteiger partial charge in [-0.25, -0.2) is 0 Å². The number of carbonyl (C=O) groups excluding carboxylic acids is 1. The van der Waals surface area contributed by atoms with E-state index in [1.165, 1.54) is 6.07 Å². The minimum Gasteiger partial charge on any atom is -0.504 e. The highest BCUT2D eigenvalue weighted by Gasteiger charge is 2.29. The highest BCUT2D eigenvalue weighted by atomic mass is 79.9. The molecule has 1 aliphatic rings. The van der Waals surface area contributed by atoms with Gasteiger partial charge in [0.05, 0.1) is 5.56 Å². The Morgan fingerprint density at radius 2 is 2.13 bits per heavy atom. The molecule has 0 spiro atoms. The Bertz CT molecular complexity index is 440. The van der Waals surface area contributed by atoms with Gasteiger partial charge >= 0.3 is 0 Å². The lowest BCUT2D eigenvalue weighted by Crippen LogP contribution is -2.14. The van der Waals surface area contributed by atoms with Crippen molar-refractivity contribution in [2.75, 3.05) is 0 Å². The summed E-state index contributed by atoms with van der Waals surface area (Å²) in [6.07, 6.45) is 1.21. The molecule has 1 aromatic rings. The smallest absolute Gasteiger partial charge is 0.168 e. The maximum atomic E-state index is 11.7. The first-order valence-electron chi connectivity index (χ1n) is 4.80. The van der Waals surface area contributed by atoms with Crippen LogP contribution in [0.25, 0.3) is 0 Å². The number of carbonyl (C=O) groups is 1. The summed E-state index contributed by atoms with van der Waals surface area (Å²) in [5.41, 5.74) is 1.09. The summed E-state index contributed by atoms with van der Waals surface area (Å²) >= 11 is 3.31. The van der Waals surface area contributed by atoms with E-state index in [2.05, 4.69) is 15.9 Å². The molecule has 15 heavy (non-hydrogen) atoms. The highest BCUT2D eigenvalue weighted by molar-refractivity contribution is 9.10. The first-order chi connectivity index (χ1) is 7.02. The van der Waals surface area contributed by atoms with Gasteiger partial charge in [-0.15, -0.1) is 0 Å². The van der Waals surface area contributed by atoms with Gasteiger partial charge < -0.3 is 10.2 Å². The molecule has 0 fully saturated rings. The molecule has 1 aromatic carbocycles. The summed E-state index contributed by atoms with van der Waals surface area (Å²) in [7, 11) is 0. The molecule has 0 amide bonds. The number of benzene rings is 1. The predicted molar refractivity (Wildman–Crippen MR) is 59.5 cm³/mol. The fraction of sp³-hybridized carbons (Fsp3) is 0.364. The SMILES string of the molecule is CC1CCC(=O)c2c(O)c(O)cc(Br)c21. The van der Waals surface area contributed by atoms with Crippen LogP contribution in [0.2, 0.25) is 0 Å². The molecule has 0 saturated carbocycles. The van der Waals surface area contributed by atoms with Crippen molar-refractivity contribution in [3.05, 3.63) is 21.7 Å². The summed E-state index contributed by atoms with van der Waals surface area (Å²) < 4.78 is 0.688. The first-order valence-corrected chi connectivity index (χ1v) is 5.59. The Balaban J connectivity index is 2.76. The summed E-state index contributed by atoms with van der Waals surface area (Å²) in [5.74, 6) is -0.413. The van der Waals surface area contributed by atoms with Gasteiger partial charge in [-0.2, -0.15) is 0 Å². The maximum absolute atomic E-state index is 11.7. The van der Waals surface area contributed by atoms with Gasteiger partial charge in [-0.3, -0.25) is 4.79 Å². The van der Waals surface area contributed by atoms with E-state index in [0.717, 1.165) is 12.0 Å². The number of halogens is 1. The number of phenols is 2. The first kappa shape index (κ1) is 10.5. The molecule has 0 heterocycles. The molecule has 0 aliphatic heterocycles. The van der Waals surface area contributed by atoms with Crippen molar-refractivity contribution < 1.29 is 15.0 Å². The summed E-state index contributed by atoms with van der Waals surface area (Å²) in [4.78, 5) is 11.7. The van der Waals surface area contributed by atoms with E-state index >= 15 is 0 Å². The second-order valence-corrected chi connectivity index (χ2v) is 4.73. The number of aromatic hydroxyl groups is 2.